The summed E-state index contributed by atoms with van der Waals surface area (Å²) in [6.07, 6.45) is 3.35. The Morgan fingerprint density at radius 3 is 2.67 bits per heavy atom. The van der Waals surface area contributed by atoms with Crippen molar-refractivity contribution in [3.63, 3.8) is 0 Å². The van der Waals surface area contributed by atoms with Gasteiger partial charge in [-0.15, -0.1) is 0 Å². The van der Waals surface area contributed by atoms with Crippen molar-refractivity contribution in [2.45, 2.75) is 13.5 Å². The van der Waals surface area contributed by atoms with Crippen LogP contribution in [0.15, 0.2) is 16.9 Å². The van der Waals surface area contributed by atoms with E-state index in [2.05, 4.69) is 20.1 Å². The molecule has 2 aromatic rings. The zero-order chi connectivity index (χ0) is 14.8. The summed E-state index contributed by atoms with van der Waals surface area (Å²) in [7, 11) is 1.81. The largest absolute Gasteiger partial charge is 0.340 e. The molecular formula is C13H18N6O2. The fraction of sp³-hybridized carbons (Fsp3) is 0.538. The molecule has 3 rings (SSSR count). The second-order valence-corrected chi connectivity index (χ2v) is 5.20. The van der Waals surface area contributed by atoms with E-state index in [-0.39, 0.29) is 5.91 Å². The number of piperazine rings is 1. The third-order valence-corrected chi connectivity index (χ3v) is 3.55. The van der Waals surface area contributed by atoms with Crippen molar-refractivity contribution in [1.82, 2.24) is 29.7 Å². The Kier molecular flexibility index (Phi) is 3.70. The van der Waals surface area contributed by atoms with E-state index >= 15 is 0 Å². The zero-order valence-corrected chi connectivity index (χ0v) is 12.2. The zero-order valence-electron chi connectivity index (χ0n) is 12.2. The number of hydrogen-bond acceptors (Lipinski definition) is 6. The Bertz CT molecular complexity index is 626. The molecule has 1 aliphatic rings. The van der Waals surface area contributed by atoms with Crippen LogP contribution in [0.3, 0.4) is 0 Å². The maximum absolute atomic E-state index is 12.3. The molecule has 1 fully saturated rings. The Morgan fingerprint density at radius 2 is 2.10 bits per heavy atom. The lowest BCUT2D eigenvalue weighted by Gasteiger charge is -2.33. The van der Waals surface area contributed by atoms with Gasteiger partial charge >= 0.3 is 0 Å². The summed E-state index contributed by atoms with van der Waals surface area (Å²) < 4.78 is 6.60. The molecule has 1 amide bonds. The van der Waals surface area contributed by atoms with E-state index in [9.17, 15) is 4.79 Å². The highest BCUT2D eigenvalue weighted by atomic mass is 16.5. The first-order valence-electron chi connectivity index (χ1n) is 6.91. The molecule has 0 unspecified atom stereocenters. The van der Waals surface area contributed by atoms with Crippen molar-refractivity contribution in [3.8, 4) is 0 Å². The Labute approximate surface area is 122 Å². The van der Waals surface area contributed by atoms with Crippen molar-refractivity contribution in [2.24, 2.45) is 7.05 Å². The van der Waals surface area contributed by atoms with Crippen LogP contribution in [0.4, 0.5) is 0 Å². The summed E-state index contributed by atoms with van der Waals surface area (Å²) in [5, 5.41) is 7.93. The first-order chi connectivity index (χ1) is 10.1. The quantitative estimate of drug-likeness (QED) is 0.796. The minimum atomic E-state index is 0.0400. The molecule has 3 heterocycles. The fourth-order valence-electron chi connectivity index (χ4n) is 2.43. The number of amides is 1. The number of carbonyl (C=O) groups is 1. The van der Waals surface area contributed by atoms with Gasteiger partial charge in [0.1, 0.15) is 0 Å². The van der Waals surface area contributed by atoms with Crippen molar-refractivity contribution in [1.29, 1.82) is 0 Å². The molecule has 0 spiro atoms. The smallest absolute Gasteiger partial charge is 0.257 e. The lowest BCUT2D eigenvalue weighted by molar-refractivity contribution is 0.0624. The van der Waals surface area contributed by atoms with Crippen LogP contribution < -0.4 is 0 Å². The first kappa shape index (κ1) is 13.7. The van der Waals surface area contributed by atoms with Crippen LogP contribution in [0.25, 0.3) is 0 Å². The Balaban J connectivity index is 1.54. The van der Waals surface area contributed by atoms with Gasteiger partial charge in [-0.25, -0.2) is 0 Å². The van der Waals surface area contributed by atoms with Crippen LogP contribution in [0.1, 0.15) is 22.1 Å². The van der Waals surface area contributed by atoms with Crippen molar-refractivity contribution >= 4 is 5.91 Å². The average molecular weight is 290 g/mol. The summed E-state index contributed by atoms with van der Waals surface area (Å²) in [5.74, 6) is 1.31. The van der Waals surface area contributed by atoms with Gasteiger partial charge in [-0.3, -0.25) is 14.4 Å². The molecule has 0 saturated carbocycles. The molecule has 1 aliphatic heterocycles. The highest BCUT2D eigenvalue weighted by Gasteiger charge is 2.23. The number of rotatable bonds is 3. The Morgan fingerprint density at radius 1 is 1.33 bits per heavy atom. The van der Waals surface area contributed by atoms with Crippen molar-refractivity contribution < 1.29 is 9.32 Å². The fourth-order valence-corrected chi connectivity index (χ4v) is 2.43. The van der Waals surface area contributed by atoms with E-state index in [0.29, 0.717) is 36.9 Å². The number of carbonyl (C=O) groups excluding carboxylic acids is 1. The molecule has 0 bridgehead atoms. The summed E-state index contributed by atoms with van der Waals surface area (Å²) in [6, 6.07) is 0. The Hall–Kier alpha value is -2.22. The van der Waals surface area contributed by atoms with Crippen LogP contribution in [0.5, 0.6) is 0 Å². The van der Waals surface area contributed by atoms with E-state index in [0.717, 1.165) is 13.1 Å². The highest BCUT2D eigenvalue weighted by molar-refractivity contribution is 5.93. The predicted octanol–water partition coefficient (Wildman–Crippen LogP) is 0.0695. The van der Waals surface area contributed by atoms with Gasteiger partial charge in [0.2, 0.25) is 5.89 Å². The van der Waals surface area contributed by atoms with Gasteiger partial charge in [-0.2, -0.15) is 10.1 Å². The first-order valence-corrected chi connectivity index (χ1v) is 6.91. The van der Waals surface area contributed by atoms with Crippen LogP contribution in [-0.2, 0) is 13.6 Å². The SMILES string of the molecule is Cc1nc(CN2CCN(C(=O)c3cnn(C)c3)CC2)no1. The van der Waals surface area contributed by atoms with Gasteiger partial charge in [-0.1, -0.05) is 5.16 Å². The van der Waals surface area contributed by atoms with Gasteiger partial charge in [0.15, 0.2) is 5.82 Å². The maximum atomic E-state index is 12.3. The van der Waals surface area contributed by atoms with E-state index < -0.39 is 0 Å². The van der Waals surface area contributed by atoms with Gasteiger partial charge < -0.3 is 9.42 Å². The molecule has 0 atom stereocenters. The normalized spacial score (nSPS) is 16.4. The monoisotopic (exact) mass is 290 g/mol. The maximum Gasteiger partial charge on any atom is 0.257 e. The van der Waals surface area contributed by atoms with E-state index in [4.69, 9.17) is 4.52 Å². The van der Waals surface area contributed by atoms with E-state index in [1.165, 1.54) is 0 Å². The van der Waals surface area contributed by atoms with Crippen LogP contribution in [-0.4, -0.2) is 61.8 Å². The minimum absolute atomic E-state index is 0.0400. The van der Waals surface area contributed by atoms with Gasteiger partial charge in [0.05, 0.1) is 18.3 Å². The minimum Gasteiger partial charge on any atom is -0.340 e. The number of nitrogens with zero attached hydrogens (tertiary/aromatic N) is 6. The van der Waals surface area contributed by atoms with Crippen LogP contribution >= 0.6 is 0 Å². The third-order valence-electron chi connectivity index (χ3n) is 3.55. The summed E-state index contributed by atoms with van der Waals surface area (Å²) >= 11 is 0. The molecule has 2 aromatic heterocycles. The summed E-state index contributed by atoms with van der Waals surface area (Å²) in [4.78, 5) is 20.6. The van der Waals surface area contributed by atoms with E-state index in [1.807, 2.05) is 11.9 Å². The lowest BCUT2D eigenvalue weighted by atomic mass is 10.2. The summed E-state index contributed by atoms with van der Waals surface area (Å²) in [6.45, 7) is 5.45. The van der Waals surface area contributed by atoms with Crippen molar-refractivity contribution in [2.75, 3.05) is 26.2 Å². The molecule has 8 nitrogen and oxygen atoms in total. The lowest BCUT2D eigenvalue weighted by Crippen LogP contribution is -2.48. The molecule has 8 heteroatoms. The van der Waals surface area contributed by atoms with Gasteiger partial charge in [0.25, 0.3) is 5.91 Å². The van der Waals surface area contributed by atoms with Crippen LogP contribution in [0.2, 0.25) is 0 Å². The second-order valence-electron chi connectivity index (χ2n) is 5.20. The van der Waals surface area contributed by atoms with E-state index in [1.54, 1.807) is 24.0 Å². The molecular weight excluding hydrogens is 272 g/mol. The number of hydrogen-bond donors (Lipinski definition) is 0. The van der Waals surface area contributed by atoms with Gasteiger partial charge in [-0.05, 0) is 0 Å². The molecule has 0 aromatic carbocycles. The van der Waals surface area contributed by atoms with Gasteiger partial charge in [0, 0.05) is 46.3 Å². The number of aromatic nitrogens is 4. The standard InChI is InChI=1S/C13H18N6O2/c1-10-15-12(16-21-10)9-18-3-5-19(6-4-18)13(20)11-7-14-17(2)8-11/h7-8H,3-6,9H2,1-2H3. The molecule has 0 radical (unpaired) electrons. The topological polar surface area (TPSA) is 80.3 Å². The molecule has 0 aliphatic carbocycles. The van der Waals surface area contributed by atoms with Crippen molar-refractivity contribution in [3.05, 3.63) is 29.7 Å². The third kappa shape index (κ3) is 3.10. The molecule has 1 saturated heterocycles. The molecule has 21 heavy (non-hydrogen) atoms. The molecule has 112 valence electrons. The second kappa shape index (κ2) is 5.65. The number of aryl methyl sites for hydroxylation is 2. The van der Waals surface area contributed by atoms with Crippen LogP contribution in [0, 0.1) is 6.92 Å². The predicted molar refractivity (Wildman–Crippen MR) is 73.4 cm³/mol. The molecule has 0 N–H and O–H groups in total. The average Bonchev–Trinajstić information content (AvgIpc) is 3.08. The summed E-state index contributed by atoms with van der Waals surface area (Å²) in [5.41, 5.74) is 0.639. The highest BCUT2D eigenvalue weighted by Crippen LogP contribution is 2.10.